The third-order valence-corrected chi connectivity index (χ3v) is 4.43. The van der Waals surface area contributed by atoms with Crippen molar-refractivity contribution in [2.24, 2.45) is 5.73 Å². The van der Waals surface area contributed by atoms with E-state index in [1.165, 1.54) is 18.3 Å². The van der Waals surface area contributed by atoms with E-state index in [1.807, 2.05) is 0 Å². The van der Waals surface area contributed by atoms with E-state index in [4.69, 9.17) is 5.73 Å². The van der Waals surface area contributed by atoms with Crippen molar-refractivity contribution in [2.75, 3.05) is 0 Å². The van der Waals surface area contributed by atoms with Gasteiger partial charge in [0.15, 0.2) is 5.03 Å². The molecule has 0 aliphatic carbocycles. The van der Waals surface area contributed by atoms with E-state index in [-0.39, 0.29) is 17.1 Å². The summed E-state index contributed by atoms with van der Waals surface area (Å²) in [5.74, 6) is -0.466. The quantitative estimate of drug-likeness (QED) is 0.768. The molecule has 0 fully saturated rings. The van der Waals surface area contributed by atoms with Gasteiger partial charge in [0, 0.05) is 23.7 Å². The molecule has 0 bridgehead atoms. The molecule has 0 amide bonds. The van der Waals surface area contributed by atoms with Gasteiger partial charge in [-0.15, -0.1) is 0 Å². The van der Waals surface area contributed by atoms with Crippen LogP contribution >= 0.6 is 0 Å². The van der Waals surface area contributed by atoms with Gasteiger partial charge in [-0.1, -0.05) is 18.2 Å². The molecule has 0 aliphatic rings. The van der Waals surface area contributed by atoms with Crippen LogP contribution in [0.4, 0.5) is 4.39 Å². The molecule has 1 atom stereocenters. The van der Waals surface area contributed by atoms with E-state index < -0.39 is 21.9 Å². The molecule has 8 heteroatoms. The number of nitrogens with zero attached hydrogens (tertiary/aromatic N) is 1. The Hall–Kier alpha value is -1.77. The predicted octanol–water partition coefficient (Wildman–Crippen LogP) is 1.05. The number of nitrogens with one attached hydrogen (secondary N) is 2. The predicted molar refractivity (Wildman–Crippen MR) is 71.6 cm³/mol. The number of halogens is 1. The number of hydrogen-bond donors (Lipinski definition) is 3. The van der Waals surface area contributed by atoms with Gasteiger partial charge in [0.05, 0.1) is 6.20 Å². The van der Waals surface area contributed by atoms with E-state index in [1.54, 1.807) is 19.1 Å². The highest BCUT2D eigenvalue weighted by Crippen LogP contribution is 2.19. The van der Waals surface area contributed by atoms with E-state index in [0.717, 1.165) is 0 Å². The fraction of sp³-hybridized carbons (Fsp3) is 0.250. The lowest BCUT2D eigenvalue weighted by molar-refractivity contribution is 0.546. The Balaban J connectivity index is 2.27. The zero-order valence-corrected chi connectivity index (χ0v) is 11.6. The zero-order valence-electron chi connectivity index (χ0n) is 10.8. The Bertz CT molecular complexity index is 699. The van der Waals surface area contributed by atoms with Crippen molar-refractivity contribution in [2.45, 2.75) is 24.5 Å². The summed E-state index contributed by atoms with van der Waals surface area (Å²) in [5.41, 5.74) is 6.09. The van der Waals surface area contributed by atoms with Crippen LogP contribution in [-0.2, 0) is 16.6 Å². The maximum Gasteiger partial charge on any atom is 0.258 e. The molecular formula is C12H15FN4O2S. The van der Waals surface area contributed by atoms with Crippen molar-refractivity contribution >= 4 is 10.0 Å². The molecule has 1 aromatic heterocycles. The number of hydrogen-bond acceptors (Lipinski definition) is 4. The van der Waals surface area contributed by atoms with Crippen LogP contribution in [0.3, 0.4) is 0 Å². The Morgan fingerprint density at radius 3 is 2.80 bits per heavy atom. The Labute approximate surface area is 116 Å². The van der Waals surface area contributed by atoms with Crippen LogP contribution in [0.15, 0.2) is 35.5 Å². The standard InChI is InChI=1S/C12H15FN4O2S/c1-8(10-4-2-3-5-11(10)13)17-20(18,19)12-9(6-14)7-15-16-12/h2-5,7-8,17H,6,14H2,1H3,(H,15,16). The van der Waals surface area contributed by atoms with E-state index in [2.05, 4.69) is 14.9 Å². The van der Waals surface area contributed by atoms with Gasteiger partial charge in [-0.3, -0.25) is 5.10 Å². The summed E-state index contributed by atoms with van der Waals surface area (Å²) >= 11 is 0. The number of sulfonamides is 1. The maximum absolute atomic E-state index is 13.6. The van der Waals surface area contributed by atoms with Crippen LogP contribution in [-0.4, -0.2) is 18.6 Å². The Kier molecular flexibility index (Phi) is 4.17. The summed E-state index contributed by atoms with van der Waals surface area (Å²) in [6.45, 7) is 1.61. The molecule has 20 heavy (non-hydrogen) atoms. The van der Waals surface area contributed by atoms with Crippen molar-refractivity contribution in [3.8, 4) is 0 Å². The van der Waals surface area contributed by atoms with Gasteiger partial charge in [0.1, 0.15) is 5.82 Å². The molecule has 0 saturated carbocycles. The minimum atomic E-state index is -3.84. The first-order valence-corrected chi connectivity index (χ1v) is 7.43. The summed E-state index contributed by atoms with van der Waals surface area (Å²) in [6, 6.07) is 5.28. The molecule has 1 heterocycles. The molecule has 1 unspecified atom stereocenters. The topological polar surface area (TPSA) is 101 Å². The molecular weight excluding hydrogens is 283 g/mol. The molecule has 108 valence electrons. The summed E-state index contributed by atoms with van der Waals surface area (Å²) in [7, 11) is -3.84. The summed E-state index contributed by atoms with van der Waals surface area (Å²) in [4.78, 5) is 0. The first kappa shape index (κ1) is 14.6. The summed E-state index contributed by atoms with van der Waals surface area (Å²) < 4.78 is 40.4. The number of aromatic amines is 1. The fourth-order valence-corrected chi connectivity index (χ4v) is 3.22. The van der Waals surface area contributed by atoms with Gasteiger partial charge in [-0.05, 0) is 13.0 Å². The third kappa shape index (κ3) is 2.87. The molecule has 2 rings (SSSR count). The van der Waals surface area contributed by atoms with Crippen LogP contribution in [0.5, 0.6) is 0 Å². The number of aromatic nitrogens is 2. The highest BCUT2D eigenvalue weighted by molar-refractivity contribution is 7.89. The first-order valence-electron chi connectivity index (χ1n) is 5.94. The average molecular weight is 298 g/mol. The van der Waals surface area contributed by atoms with Crippen molar-refractivity contribution in [3.05, 3.63) is 47.4 Å². The highest BCUT2D eigenvalue weighted by atomic mass is 32.2. The van der Waals surface area contributed by atoms with E-state index in [0.29, 0.717) is 5.56 Å². The third-order valence-electron chi connectivity index (χ3n) is 2.87. The van der Waals surface area contributed by atoms with Gasteiger partial charge >= 0.3 is 0 Å². The van der Waals surface area contributed by atoms with Crippen molar-refractivity contribution in [1.82, 2.24) is 14.9 Å². The fourth-order valence-electron chi connectivity index (χ4n) is 1.86. The molecule has 4 N–H and O–H groups in total. The minimum Gasteiger partial charge on any atom is -0.326 e. The number of nitrogens with two attached hydrogens (primary N) is 1. The highest BCUT2D eigenvalue weighted by Gasteiger charge is 2.24. The molecule has 2 aromatic rings. The van der Waals surface area contributed by atoms with Crippen LogP contribution in [0, 0.1) is 5.82 Å². The van der Waals surface area contributed by atoms with Gasteiger partial charge in [-0.25, -0.2) is 17.5 Å². The Morgan fingerprint density at radius 2 is 2.15 bits per heavy atom. The lowest BCUT2D eigenvalue weighted by atomic mass is 10.1. The van der Waals surface area contributed by atoms with Crippen LogP contribution in [0.1, 0.15) is 24.1 Å². The second-order valence-electron chi connectivity index (χ2n) is 4.29. The minimum absolute atomic E-state index is 0.0425. The van der Waals surface area contributed by atoms with Gasteiger partial charge < -0.3 is 5.73 Å². The van der Waals surface area contributed by atoms with Gasteiger partial charge in [0.25, 0.3) is 10.0 Å². The van der Waals surface area contributed by atoms with Crippen LogP contribution in [0.25, 0.3) is 0 Å². The van der Waals surface area contributed by atoms with Crippen LogP contribution < -0.4 is 10.5 Å². The second-order valence-corrected chi connectivity index (χ2v) is 5.94. The summed E-state index contributed by atoms with van der Waals surface area (Å²) in [5, 5.41) is 5.96. The van der Waals surface area contributed by atoms with Crippen LogP contribution in [0.2, 0.25) is 0 Å². The molecule has 0 aliphatic heterocycles. The van der Waals surface area contributed by atoms with Gasteiger partial charge in [-0.2, -0.15) is 5.10 Å². The van der Waals surface area contributed by atoms with E-state index in [9.17, 15) is 12.8 Å². The second kappa shape index (κ2) is 5.70. The molecule has 0 saturated heterocycles. The van der Waals surface area contributed by atoms with Gasteiger partial charge in [0.2, 0.25) is 0 Å². The number of benzene rings is 1. The molecule has 0 spiro atoms. The lowest BCUT2D eigenvalue weighted by Crippen LogP contribution is -2.28. The Morgan fingerprint density at radius 1 is 1.45 bits per heavy atom. The number of H-pyrrole nitrogens is 1. The maximum atomic E-state index is 13.6. The zero-order chi connectivity index (χ0) is 14.8. The monoisotopic (exact) mass is 298 g/mol. The average Bonchev–Trinajstić information content (AvgIpc) is 2.87. The SMILES string of the molecule is CC(NS(=O)(=O)c1[nH]ncc1CN)c1ccccc1F. The first-order chi connectivity index (χ1) is 9.45. The molecule has 6 nitrogen and oxygen atoms in total. The lowest BCUT2D eigenvalue weighted by Gasteiger charge is -2.15. The number of rotatable bonds is 5. The normalized spacial score (nSPS) is 13.3. The van der Waals surface area contributed by atoms with Crippen molar-refractivity contribution in [1.29, 1.82) is 0 Å². The van der Waals surface area contributed by atoms with E-state index >= 15 is 0 Å². The van der Waals surface area contributed by atoms with Crippen molar-refractivity contribution < 1.29 is 12.8 Å². The largest absolute Gasteiger partial charge is 0.326 e. The molecule has 1 aromatic carbocycles. The summed E-state index contributed by atoms with van der Waals surface area (Å²) in [6.07, 6.45) is 1.35. The molecule has 0 radical (unpaired) electrons. The smallest absolute Gasteiger partial charge is 0.258 e. The van der Waals surface area contributed by atoms with Crippen molar-refractivity contribution in [3.63, 3.8) is 0 Å².